The third-order valence-corrected chi connectivity index (χ3v) is 12.5. The number of nitrogens with one attached hydrogen (secondary N) is 3. The molecule has 67 heavy (non-hydrogen) atoms. The molecule has 0 radical (unpaired) electrons. The largest absolute Gasteiger partial charge is 0.480 e. The van der Waals surface area contributed by atoms with Gasteiger partial charge in [-0.05, 0) is 72.8 Å². The Morgan fingerprint density at radius 1 is 0.970 bits per heavy atom. The van der Waals surface area contributed by atoms with E-state index in [0.717, 1.165) is 28.7 Å². The molecule has 0 aliphatic carbocycles. The number of hydrogen-bond acceptors (Lipinski definition) is 9. The fourth-order valence-electron chi connectivity index (χ4n) is 8.82. The van der Waals surface area contributed by atoms with Gasteiger partial charge < -0.3 is 41.4 Å². The van der Waals surface area contributed by atoms with Gasteiger partial charge in [0.1, 0.15) is 30.8 Å². The number of likely N-dealkylation sites (tertiary alicyclic amines) is 1. The summed E-state index contributed by atoms with van der Waals surface area (Å²) in [6, 6.07) is 10.9. The minimum absolute atomic E-state index is 0.0275. The van der Waals surface area contributed by atoms with Crippen LogP contribution in [-0.4, -0.2) is 111 Å². The highest BCUT2D eigenvalue weighted by Crippen LogP contribution is 2.45. The number of carboxylic acids is 1. The van der Waals surface area contributed by atoms with Crippen molar-refractivity contribution in [1.82, 2.24) is 30.3 Å². The van der Waals surface area contributed by atoms with E-state index in [0.29, 0.717) is 37.1 Å². The molecule has 0 spiro atoms. The fraction of sp³-hybridized carbons (Fsp3) is 0.490. The maximum Gasteiger partial charge on any atom is 0.326 e. The number of imide groups is 1. The SMILES string of the molecule is C=CCC(CC)(CC)C1CC(=O)N(CC(=O)N[C@@H](CCC(=O)NCCNC(=O)[C@@H](N)CCN(C(=O)CO)[C@@H](c2cc(-c3cc(F)ccc3F)cn2Cc2ccccc2)C(C)(C)C)C(=O)O)C1=O. The molecule has 0 saturated carbocycles. The number of halogens is 2. The average Bonchev–Trinajstić information content (AvgIpc) is 3.82. The van der Waals surface area contributed by atoms with Crippen LogP contribution in [0.25, 0.3) is 11.1 Å². The molecule has 18 heteroatoms. The number of amides is 6. The van der Waals surface area contributed by atoms with E-state index in [4.69, 9.17) is 5.73 Å². The Kier molecular flexibility index (Phi) is 19.1. The quantitative estimate of drug-likeness (QED) is 0.0397. The van der Waals surface area contributed by atoms with Crippen LogP contribution in [0, 0.1) is 28.4 Å². The normalized spacial score (nSPS) is 15.4. The van der Waals surface area contributed by atoms with Gasteiger partial charge in [-0.15, -0.1) is 6.58 Å². The molecule has 4 atom stereocenters. The molecule has 3 aromatic rings. The first-order valence-corrected chi connectivity index (χ1v) is 22.6. The lowest BCUT2D eigenvalue weighted by Gasteiger charge is -2.41. The number of aromatic nitrogens is 1. The molecular formula is C49H65F2N7O9. The molecule has 1 saturated heterocycles. The lowest BCUT2D eigenvalue weighted by molar-refractivity contribution is -0.145. The molecule has 364 valence electrons. The zero-order chi connectivity index (χ0) is 49.6. The van der Waals surface area contributed by atoms with Gasteiger partial charge in [-0.3, -0.25) is 33.7 Å². The summed E-state index contributed by atoms with van der Waals surface area (Å²) in [5.74, 6) is -7.00. The minimum Gasteiger partial charge on any atom is -0.480 e. The Labute approximate surface area is 390 Å². The Hall–Kier alpha value is -6.27. The fourth-order valence-corrected chi connectivity index (χ4v) is 8.82. The van der Waals surface area contributed by atoms with E-state index in [1.807, 2.05) is 69.5 Å². The maximum atomic E-state index is 15.1. The lowest BCUT2D eigenvalue weighted by atomic mass is 9.68. The summed E-state index contributed by atoms with van der Waals surface area (Å²) in [4.78, 5) is 92.6. The summed E-state index contributed by atoms with van der Waals surface area (Å²) in [7, 11) is 0. The van der Waals surface area contributed by atoms with Crippen molar-refractivity contribution in [1.29, 1.82) is 0 Å². The summed E-state index contributed by atoms with van der Waals surface area (Å²) >= 11 is 0. The monoisotopic (exact) mass is 933 g/mol. The molecule has 2 heterocycles. The van der Waals surface area contributed by atoms with Gasteiger partial charge in [0.05, 0.1) is 18.0 Å². The molecule has 4 rings (SSSR count). The van der Waals surface area contributed by atoms with Gasteiger partial charge in [-0.1, -0.05) is 71.0 Å². The van der Waals surface area contributed by atoms with Crippen LogP contribution in [-0.2, 0) is 40.1 Å². The molecule has 1 unspecified atom stereocenters. The van der Waals surface area contributed by atoms with Crippen molar-refractivity contribution in [3.05, 3.63) is 96.3 Å². The number of rotatable bonds is 25. The third kappa shape index (κ3) is 13.9. The van der Waals surface area contributed by atoms with Crippen LogP contribution in [0.1, 0.15) is 96.9 Å². The van der Waals surface area contributed by atoms with E-state index in [1.165, 1.54) is 4.90 Å². The third-order valence-electron chi connectivity index (χ3n) is 12.5. The first-order valence-electron chi connectivity index (χ1n) is 22.6. The number of hydrogen-bond donors (Lipinski definition) is 6. The van der Waals surface area contributed by atoms with E-state index in [1.54, 1.807) is 18.3 Å². The Morgan fingerprint density at radius 3 is 2.25 bits per heavy atom. The van der Waals surface area contributed by atoms with E-state index >= 15 is 4.39 Å². The number of carbonyl (C=O) groups is 7. The number of nitrogens with two attached hydrogens (primary N) is 1. The van der Waals surface area contributed by atoms with Gasteiger partial charge in [0.25, 0.3) is 0 Å². The van der Waals surface area contributed by atoms with Crippen LogP contribution >= 0.6 is 0 Å². The number of aliphatic hydroxyl groups excluding tert-OH is 1. The van der Waals surface area contributed by atoms with Crippen LogP contribution in [0.15, 0.2) is 73.4 Å². The number of aliphatic carboxylic acids is 1. The molecule has 1 aliphatic rings. The lowest BCUT2D eigenvalue weighted by Crippen LogP contribution is -2.48. The first-order chi connectivity index (χ1) is 31.7. The van der Waals surface area contributed by atoms with Crippen LogP contribution in [0.5, 0.6) is 0 Å². The van der Waals surface area contributed by atoms with Gasteiger partial charge in [0.2, 0.25) is 35.4 Å². The predicted octanol–water partition coefficient (Wildman–Crippen LogP) is 4.45. The van der Waals surface area contributed by atoms with Crippen LogP contribution < -0.4 is 21.7 Å². The molecule has 1 fully saturated rings. The van der Waals surface area contributed by atoms with E-state index in [2.05, 4.69) is 22.5 Å². The van der Waals surface area contributed by atoms with Gasteiger partial charge in [-0.25, -0.2) is 13.6 Å². The second kappa shape index (κ2) is 24.0. The van der Waals surface area contributed by atoms with Crippen molar-refractivity contribution in [3.63, 3.8) is 0 Å². The summed E-state index contributed by atoms with van der Waals surface area (Å²) < 4.78 is 31.3. The van der Waals surface area contributed by atoms with Crippen molar-refractivity contribution < 1.29 is 52.6 Å². The molecule has 2 aromatic carbocycles. The van der Waals surface area contributed by atoms with Crippen molar-refractivity contribution in [2.75, 3.05) is 32.8 Å². The standard InChI is InChI=1S/C49H65F2N7O9/c1-7-20-49(8-2,9-3)35-26-42(62)58(46(35)65)29-41(61)55-38(47(66)67)17-18-40(60)53-21-22-54-45(64)37(52)19-23-57(43(63)30-59)44(48(4,5)6)39-24-32(34-25-33(50)15-16-36(34)51)28-56(39)27-31-13-11-10-12-14-31/h7,10-16,24-25,28,35,37-38,44,59H,1,8-9,17-23,26-27,29-30,52H2,2-6H3,(H,53,60)(H,54,64)(H,55,61)(H,66,67)/t35?,37-,38-,44-/m0/s1. The van der Waals surface area contributed by atoms with Gasteiger partial charge in [0.15, 0.2) is 0 Å². The van der Waals surface area contributed by atoms with Crippen molar-refractivity contribution in [2.45, 2.75) is 104 Å². The van der Waals surface area contributed by atoms with E-state index < -0.39 is 101 Å². The van der Waals surface area contributed by atoms with Gasteiger partial charge >= 0.3 is 5.97 Å². The van der Waals surface area contributed by atoms with Crippen molar-refractivity contribution >= 4 is 41.4 Å². The second-order valence-corrected chi connectivity index (χ2v) is 18.1. The Balaban J connectivity index is 1.33. The highest BCUT2D eigenvalue weighted by atomic mass is 19.1. The molecule has 6 amide bonds. The van der Waals surface area contributed by atoms with Crippen molar-refractivity contribution in [2.24, 2.45) is 22.5 Å². The predicted molar refractivity (Wildman–Crippen MR) is 246 cm³/mol. The molecule has 1 aromatic heterocycles. The second-order valence-electron chi connectivity index (χ2n) is 18.1. The maximum absolute atomic E-state index is 15.1. The number of carboxylic acid groups (broad SMARTS) is 1. The van der Waals surface area contributed by atoms with Gasteiger partial charge in [0, 0.05) is 62.0 Å². The molecule has 0 bridgehead atoms. The van der Waals surface area contributed by atoms with Gasteiger partial charge in [-0.2, -0.15) is 0 Å². The summed E-state index contributed by atoms with van der Waals surface area (Å²) in [5.41, 5.74) is 6.97. The number of carbonyl (C=O) groups excluding carboxylic acids is 6. The summed E-state index contributed by atoms with van der Waals surface area (Å²) in [5, 5.41) is 27.4. The van der Waals surface area contributed by atoms with E-state index in [-0.39, 0.29) is 50.9 Å². The van der Waals surface area contributed by atoms with E-state index in [9.17, 15) is 48.2 Å². The highest BCUT2D eigenvalue weighted by molar-refractivity contribution is 6.06. The number of nitrogens with zero attached hydrogens (tertiary/aromatic N) is 3. The summed E-state index contributed by atoms with van der Waals surface area (Å²) in [6.45, 7) is 11.9. The van der Waals surface area contributed by atoms with Crippen LogP contribution in [0.2, 0.25) is 0 Å². The highest BCUT2D eigenvalue weighted by Gasteiger charge is 2.49. The number of aliphatic hydroxyl groups is 1. The minimum atomic E-state index is -1.49. The smallest absolute Gasteiger partial charge is 0.326 e. The number of allylic oxidation sites excluding steroid dienone is 1. The Morgan fingerprint density at radius 2 is 1.64 bits per heavy atom. The van der Waals surface area contributed by atoms with Crippen molar-refractivity contribution in [3.8, 4) is 11.1 Å². The van der Waals surface area contributed by atoms with Crippen LogP contribution in [0.4, 0.5) is 8.78 Å². The number of benzene rings is 2. The average molecular weight is 934 g/mol. The molecule has 1 aliphatic heterocycles. The molecule has 16 nitrogen and oxygen atoms in total. The van der Waals surface area contributed by atoms with Crippen LogP contribution in [0.3, 0.4) is 0 Å². The zero-order valence-corrected chi connectivity index (χ0v) is 39.0. The summed E-state index contributed by atoms with van der Waals surface area (Å²) in [6.07, 6.45) is 4.43. The first kappa shape index (κ1) is 53.3. The molecule has 7 N–H and O–H groups in total. The topological polar surface area (TPSA) is 233 Å². The Bertz CT molecular complexity index is 2260. The zero-order valence-electron chi connectivity index (χ0n) is 39.0. The molecular weight excluding hydrogens is 869 g/mol.